The largest absolute Gasteiger partial charge is 0.485 e. The van der Waals surface area contributed by atoms with Gasteiger partial charge in [0.2, 0.25) is 0 Å². The Morgan fingerprint density at radius 1 is 0.466 bits per heavy atom. The van der Waals surface area contributed by atoms with Gasteiger partial charge in [0.25, 0.3) is 0 Å². The maximum atomic E-state index is 6.76. The van der Waals surface area contributed by atoms with E-state index < -0.39 is 0 Å². The molecule has 58 heavy (non-hydrogen) atoms. The smallest absolute Gasteiger partial charge is 0.164 e. The van der Waals surface area contributed by atoms with Gasteiger partial charge in [-0.3, -0.25) is 0 Å². The van der Waals surface area contributed by atoms with Crippen LogP contribution in [0.3, 0.4) is 0 Å². The van der Waals surface area contributed by atoms with E-state index in [2.05, 4.69) is 182 Å². The minimum Gasteiger partial charge on any atom is -0.485 e. The van der Waals surface area contributed by atoms with Gasteiger partial charge < -0.3 is 9.15 Å². The van der Waals surface area contributed by atoms with E-state index in [1.807, 2.05) is 6.07 Å². The molecule has 0 bridgehead atoms. The number of furan rings is 1. The van der Waals surface area contributed by atoms with Crippen molar-refractivity contribution in [3.05, 3.63) is 199 Å². The minimum atomic E-state index is -0.232. The van der Waals surface area contributed by atoms with Gasteiger partial charge in [-0.2, -0.15) is 0 Å². The summed E-state index contributed by atoms with van der Waals surface area (Å²) in [6.07, 6.45) is 6.12. The molecule has 2 aromatic heterocycles. The summed E-state index contributed by atoms with van der Waals surface area (Å²) < 4.78 is 13.5. The van der Waals surface area contributed by atoms with Crippen molar-refractivity contribution in [2.75, 3.05) is 0 Å². The standard InChI is InChI=1S/C53H33N3O2/c1-2-11-32(12-3-1)34-23-26-36(27-24-34)51-54-52(38-28-25-33-13-4-5-15-37(33)31-38)56-53(55-51)43-20-10-22-45-49(43)48-40(17-9-21-44(48)57-45)41-18-8-19-42-47-39-16-7-6-14-35(39)29-30-46(47)58-50(41)42/h1-31,45,49H. The lowest BCUT2D eigenvalue weighted by molar-refractivity contribution is 0.271. The Kier molecular flexibility index (Phi) is 7.29. The second kappa shape index (κ2) is 13.0. The third kappa shape index (κ3) is 5.21. The fourth-order valence-electron chi connectivity index (χ4n) is 8.96. The number of hydrogen-bond acceptors (Lipinski definition) is 5. The number of para-hydroxylation sites is 1. The van der Waals surface area contributed by atoms with Gasteiger partial charge in [0.1, 0.15) is 23.0 Å². The topological polar surface area (TPSA) is 61.0 Å². The third-order valence-corrected chi connectivity index (χ3v) is 11.7. The van der Waals surface area contributed by atoms with Crippen molar-refractivity contribution >= 4 is 49.1 Å². The van der Waals surface area contributed by atoms with Gasteiger partial charge in [-0.05, 0) is 62.5 Å². The number of allylic oxidation sites excluding steroid dienone is 2. The van der Waals surface area contributed by atoms with Crippen LogP contribution in [-0.4, -0.2) is 21.1 Å². The van der Waals surface area contributed by atoms with Crippen LogP contribution >= 0.6 is 0 Å². The van der Waals surface area contributed by atoms with Gasteiger partial charge in [-0.15, -0.1) is 0 Å². The highest BCUT2D eigenvalue weighted by Gasteiger charge is 2.41. The fourth-order valence-corrected chi connectivity index (χ4v) is 8.96. The monoisotopic (exact) mass is 743 g/mol. The SMILES string of the molecule is C1=CC2Oc3cccc(-c4cccc5c4oc4ccc6ccccc6c45)c3C2C(c2nc(-c3ccc(-c4ccccc4)cc3)nc(-c3ccc4ccccc4c3)n2)=C1. The maximum absolute atomic E-state index is 6.76. The Morgan fingerprint density at radius 3 is 2.00 bits per heavy atom. The van der Waals surface area contributed by atoms with Crippen LogP contribution in [0, 0.1) is 0 Å². The first-order valence-electron chi connectivity index (χ1n) is 19.7. The first-order valence-corrected chi connectivity index (χ1v) is 19.7. The van der Waals surface area contributed by atoms with E-state index in [9.17, 15) is 0 Å². The lowest BCUT2D eigenvalue weighted by Crippen LogP contribution is -2.21. The predicted molar refractivity (Wildman–Crippen MR) is 235 cm³/mol. The van der Waals surface area contributed by atoms with Crippen molar-refractivity contribution in [2.45, 2.75) is 12.0 Å². The zero-order valence-electron chi connectivity index (χ0n) is 31.2. The Morgan fingerprint density at radius 2 is 1.12 bits per heavy atom. The number of benzene rings is 8. The van der Waals surface area contributed by atoms with E-state index in [0.717, 1.165) is 77.6 Å². The average Bonchev–Trinajstić information content (AvgIpc) is 3.88. The summed E-state index contributed by atoms with van der Waals surface area (Å²) in [5.41, 5.74) is 10.1. The summed E-state index contributed by atoms with van der Waals surface area (Å²) in [4.78, 5) is 15.7. The highest BCUT2D eigenvalue weighted by molar-refractivity contribution is 6.20. The molecule has 2 aliphatic rings. The maximum Gasteiger partial charge on any atom is 0.164 e. The van der Waals surface area contributed by atoms with Crippen LogP contribution in [-0.2, 0) is 0 Å². The van der Waals surface area contributed by atoms with Crippen LogP contribution in [0.25, 0.3) is 94.1 Å². The van der Waals surface area contributed by atoms with E-state index in [4.69, 9.17) is 24.1 Å². The number of hydrogen-bond donors (Lipinski definition) is 0. The van der Waals surface area contributed by atoms with Crippen LogP contribution in [0.15, 0.2) is 193 Å². The molecule has 0 saturated carbocycles. The first-order chi connectivity index (χ1) is 28.7. The van der Waals surface area contributed by atoms with Crippen molar-refractivity contribution in [1.82, 2.24) is 15.0 Å². The van der Waals surface area contributed by atoms with Crippen LogP contribution in [0.1, 0.15) is 17.3 Å². The Bertz CT molecular complexity index is 3330. The molecule has 0 amide bonds. The number of rotatable bonds is 5. The lowest BCUT2D eigenvalue weighted by Gasteiger charge is -2.23. The van der Waals surface area contributed by atoms with E-state index >= 15 is 0 Å². The van der Waals surface area contributed by atoms with Crippen LogP contribution in [0.5, 0.6) is 5.75 Å². The van der Waals surface area contributed by atoms with E-state index in [-0.39, 0.29) is 12.0 Å². The molecule has 1 aliphatic heterocycles. The average molecular weight is 744 g/mol. The molecule has 8 aromatic carbocycles. The molecule has 5 heteroatoms. The van der Waals surface area contributed by atoms with Gasteiger partial charge in [0.15, 0.2) is 17.5 Å². The van der Waals surface area contributed by atoms with E-state index in [1.54, 1.807) is 0 Å². The molecule has 0 saturated heterocycles. The van der Waals surface area contributed by atoms with Crippen LogP contribution in [0.2, 0.25) is 0 Å². The van der Waals surface area contributed by atoms with Gasteiger partial charge in [0, 0.05) is 38.6 Å². The lowest BCUT2D eigenvalue weighted by atomic mass is 9.80. The van der Waals surface area contributed by atoms with Gasteiger partial charge in [-0.1, -0.05) is 164 Å². The van der Waals surface area contributed by atoms with Crippen LogP contribution < -0.4 is 4.74 Å². The Labute approximate surface area is 334 Å². The molecule has 3 heterocycles. The molecule has 272 valence electrons. The van der Waals surface area contributed by atoms with Crippen LogP contribution in [0.4, 0.5) is 0 Å². The Hall–Kier alpha value is -7.63. The molecule has 10 aromatic rings. The number of aromatic nitrogens is 3. The molecule has 1 aliphatic carbocycles. The van der Waals surface area contributed by atoms with Crippen molar-refractivity contribution in [2.24, 2.45) is 0 Å². The highest BCUT2D eigenvalue weighted by atomic mass is 16.5. The fraction of sp³-hybridized carbons (Fsp3) is 0.0377. The minimum absolute atomic E-state index is 0.170. The second-order valence-electron chi connectivity index (χ2n) is 15.0. The summed E-state index contributed by atoms with van der Waals surface area (Å²) >= 11 is 0. The summed E-state index contributed by atoms with van der Waals surface area (Å²) in [5.74, 6) is 2.54. The van der Waals surface area contributed by atoms with Crippen molar-refractivity contribution < 1.29 is 9.15 Å². The van der Waals surface area contributed by atoms with Crippen molar-refractivity contribution in [3.63, 3.8) is 0 Å². The molecule has 2 unspecified atom stereocenters. The number of nitrogens with zero attached hydrogens (tertiary/aromatic N) is 3. The molecule has 12 rings (SSSR count). The molecule has 0 fully saturated rings. The normalized spacial score (nSPS) is 15.8. The van der Waals surface area contributed by atoms with Gasteiger partial charge >= 0.3 is 0 Å². The summed E-state index contributed by atoms with van der Waals surface area (Å²) in [6, 6.07) is 59.2. The highest BCUT2D eigenvalue weighted by Crippen LogP contribution is 2.52. The van der Waals surface area contributed by atoms with Crippen molar-refractivity contribution in [1.29, 1.82) is 0 Å². The second-order valence-corrected chi connectivity index (χ2v) is 15.0. The van der Waals surface area contributed by atoms with Crippen molar-refractivity contribution in [3.8, 4) is 50.8 Å². The summed E-state index contributed by atoms with van der Waals surface area (Å²) in [6.45, 7) is 0. The Balaban J connectivity index is 1.02. The molecular weight excluding hydrogens is 711 g/mol. The molecule has 0 spiro atoms. The van der Waals surface area contributed by atoms with Gasteiger partial charge in [-0.25, -0.2) is 15.0 Å². The zero-order chi connectivity index (χ0) is 38.2. The summed E-state index contributed by atoms with van der Waals surface area (Å²) in [7, 11) is 0. The quantitative estimate of drug-likeness (QED) is 0.176. The van der Waals surface area contributed by atoms with Gasteiger partial charge in [0.05, 0.1) is 5.92 Å². The number of ether oxygens (including phenoxy) is 1. The zero-order valence-corrected chi connectivity index (χ0v) is 31.2. The van der Waals surface area contributed by atoms with E-state index in [0.29, 0.717) is 17.5 Å². The molecule has 2 atom stereocenters. The predicted octanol–water partition coefficient (Wildman–Crippen LogP) is 13.2. The molecule has 5 nitrogen and oxygen atoms in total. The molecule has 0 N–H and O–H groups in total. The summed E-state index contributed by atoms with van der Waals surface area (Å²) in [5, 5.41) is 6.90. The number of fused-ring (bicyclic) bond motifs is 9. The van der Waals surface area contributed by atoms with E-state index in [1.165, 1.54) is 16.2 Å². The molecular formula is C53H33N3O2. The third-order valence-electron chi connectivity index (χ3n) is 11.7. The first kappa shape index (κ1) is 32.6. The molecule has 0 radical (unpaired) electrons.